The standard InChI is InChI=1S/C30H29N5O3S/c1-3-26(37)34-24-16-19(4-5-20(24)18-10-14-35(15-11-18)17(2)36)22-7-6-21-23(33-22)8-9-25-27(21)28-29(39-25)30(38)32-13-12-31-28/h3-9,16,18,31H,1,10-15H2,2H3,(H,32,38)(H,34,37). The van der Waals surface area contributed by atoms with E-state index in [1.54, 1.807) is 6.92 Å². The van der Waals surface area contributed by atoms with E-state index in [0.717, 1.165) is 62.0 Å². The topological polar surface area (TPSA) is 103 Å². The maximum Gasteiger partial charge on any atom is 0.263 e. The molecular weight excluding hydrogens is 510 g/mol. The Morgan fingerprint density at radius 1 is 1.10 bits per heavy atom. The summed E-state index contributed by atoms with van der Waals surface area (Å²) in [5.74, 6) is 0.0283. The summed E-state index contributed by atoms with van der Waals surface area (Å²) in [4.78, 5) is 44.2. The van der Waals surface area contributed by atoms with E-state index in [1.807, 2.05) is 35.2 Å². The number of hydrogen-bond acceptors (Lipinski definition) is 6. The molecule has 4 heterocycles. The van der Waals surface area contributed by atoms with Crippen molar-refractivity contribution in [3.63, 3.8) is 0 Å². The molecule has 1 saturated heterocycles. The lowest BCUT2D eigenvalue weighted by Crippen LogP contribution is -2.36. The van der Waals surface area contributed by atoms with Crippen LogP contribution in [0.2, 0.25) is 0 Å². The molecule has 2 aliphatic rings. The van der Waals surface area contributed by atoms with Gasteiger partial charge < -0.3 is 20.9 Å². The number of fused-ring (bicyclic) bond motifs is 5. The number of piperidine rings is 1. The van der Waals surface area contributed by atoms with E-state index >= 15 is 0 Å². The number of benzene rings is 2. The van der Waals surface area contributed by atoms with E-state index in [9.17, 15) is 14.4 Å². The molecule has 0 atom stereocenters. The molecule has 3 amide bonds. The Balaban J connectivity index is 1.38. The summed E-state index contributed by atoms with van der Waals surface area (Å²) in [7, 11) is 0. The first kappa shape index (κ1) is 25.1. The SMILES string of the molecule is C=CC(=O)Nc1cc(-c2ccc3c(ccc4sc5c(c43)NCCNC5=O)n2)ccc1C1CCN(C(C)=O)CC1. The molecule has 3 N–H and O–H groups in total. The van der Waals surface area contributed by atoms with Gasteiger partial charge in [0.15, 0.2) is 0 Å². The van der Waals surface area contributed by atoms with E-state index in [2.05, 4.69) is 34.7 Å². The number of nitrogens with one attached hydrogen (secondary N) is 3. The summed E-state index contributed by atoms with van der Waals surface area (Å²) < 4.78 is 1.04. The maximum absolute atomic E-state index is 12.6. The van der Waals surface area contributed by atoms with Crippen LogP contribution in [0.1, 0.15) is 40.9 Å². The minimum Gasteiger partial charge on any atom is -0.381 e. The van der Waals surface area contributed by atoms with Crippen molar-refractivity contribution in [1.29, 1.82) is 0 Å². The highest BCUT2D eigenvalue weighted by Crippen LogP contribution is 2.41. The molecule has 39 heavy (non-hydrogen) atoms. The molecule has 8 nitrogen and oxygen atoms in total. The zero-order valence-corrected chi connectivity index (χ0v) is 22.5. The third kappa shape index (κ3) is 4.63. The van der Waals surface area contributed by atoms with Gasteiger partial charge in [0.05, 0.1) is 16.9 Å². The molecule has 6 rings (SSSR count). The third-order valence-electron chi connectivity index (χ3n) is 7.61. The van der Waals surface area contributed by atoms with Crippen LogP contribution >= 0.6 is 11.3 Å². The van der Waals surface area contributed by atoms with Crippen LogP contribution in [0.15, 0.2) is 55.1 Å². The lowest BCUT2D eigenvalue weighted by molar-refractivity contribution is -0.129. The van der Waals surface area contributed by atoms with Crippen LogP contribution in [0.3, 0.4) is 0 Å². The monoisotopic (exact) mass is 539 g/mol. The molecule has 0 unspecified atom stereocenters. The van der Waals surface area contributed by atoms with Gasteiger partial charge in [0, 0.05) is 59.8 Å². The number of nitrogens with zero attached hydrogens (tertiary/aromatic N) is 2. The summed E-state index contributed by atoms with van der Waals surface area (Å²) in [6.07, 6.45) is 2.96. The van der Waals surface area contributed by atoms with Crippen LogP contribution in [0.4, 0.5) is 11.4 Å². The van der Waals surface area contributed by atoms with E-state index in [0.29, 0.717) is 31.1 Å². The van der Waals surface area contributed by atoms with Crippen molar-refractivity contribution in [3.8, 4) is 11.3 Å². The van der Waals surface area contributed by atoms with Crippen molar-refractivity contribution in [2.75, 3.05) is 36.8 Å². The van der Waals surface area contributed by atoms with Gasteiger partial charge in [0.25, 0.3) is 5.91 Å². The van der Waals surface area contributed by atoms with Crippen LogP contribution < -0.4 is 16.0 Å². The number of thiophene rings is 1. The highest BCUT2D eigenvalue weighted by molar-refractivity contribution is 7.21. The quantitative estimate of drug-likeness (QED) is 0.312. The Morgan fingerprint density at radius 2 is 1.90 bits per heavy atom. The van der Waals surface area contributed by atoms with Crippen molar-refractivity contribution in [3.05, 3.63) is 65.6 Å². The average Bonchev–Trinajstić information content (AvgIpc) is 3.24. The van der Waals surface area contributed by atoms with Gasteiger partial charge in [-0.1, -0.05) is 18.7 Å². The number of rotatable bonds is 4. The first-order valence-electron chi connectivity index (χ1n) is 13.1. The molecule has 0 spiro atoms. The number of pyridine rings is 1. The fourth-order valence-electron chi connectivity index (χ4n) is 5.60. The minimum absolute atomic E-state index is 0.0462. The van der Waals surface area contributed by atoms with Gasteiger partial charge in [0.2, 0.25) is 11.8 Å². The second-order valence-electron chi connectivity index (χ2n) is 9.97. The largest absolute Gasteiger partial charge is 0.381 e. The lowest BCUT2D eigenvalue weighted by Gasteiger charge is -2.32. The number of aromatic nitrogens is 1. The molecular formula is C30H29N5O3S. The fraction of sp³-hybridized carbons (Fsp3) is 0.267. The van der Waals surface area contributed by atoms with Crippen LogP contribution in [0.5, 0.6) is 0 Å². The van der Waals surface area contributed by atoms with Gasteiger partial charge in [0.1, 0.15) is 4.88 Å². The Kier molecular flexibility index (Phi) is 6.52. The third-order valence-corrected chi connectivity index (χ3v) is 8.77. The van der Waals surface area contributed by atoms with Crippen molar-refractivity contribution < 1.29 is 14.4 Å². The molecule has 198 valence electrons. The fourth-order valence-corrected chi connectivity index (χ4v) is 6.71. The Labute approximate surface area is 230 Å². The average molecular weight is 540 g/mol. The predicted octanol–water partition coefficient (Wildman–Crippen LogP) is 5.12. The number of anilines is 2. The molecule has 0 aliphatic carbocycles. The number of carbonyl (C=O) groups is 3. The van der Waals surface area contributed by atoms with E-state index in [4.69, 9.17) is 4.98 Å². The molecule has 1 fully saturated rings. The molecule has 0 saturated carbocycles. The van der Waals surface area contributed by atoms with Crippen molar-refractivity contribution in [2.24, 2.45) is 0 Å². The molecule has 4 aromatic rings. The van der Waals surface area contributed by atoms with Crippen molar-refractivity contribution >= 4 is 61.4 Å². The van der Waals surface area contributed by atoms with Crippen LogP contribution in [0.25, 0.3) is 32.2 Å². The highest BCUT2D eigenvalue weighted by Gasteiger charge is 2.25. The van der Waals surface area contributed by atoms with Crippen LogP contribution in [-0.4, -0.2) is 53.8 Å². The zero-order valence-electron chi connectivity index (χ0n) is 21.7. The van der Waals surface area contributed by atoms with Gasteiger partial charge in [-0.05, 0) is 60.7 Å². The summed E-state index contributed by atoms with van der Waals surface area (Å²) in [6, 6.07) is 14.2. The minimum atomic E-state index is -0.266. The first-order valence-corrected chi connectivity index (χ1v) is 14.0. The van der Waals surface area contributed by atoms with Crippen molar-refractivity contribution in [2.45, 2.75) is 25.7 Å². The normalized spacial score (nSPS) is 15.8. The molecule has 2 aromatic carbocycles. The number of carbonyl (C=O) groups excluding carboxylic acids is 3. The van der Waals surface area contributed by atoms with Gasteiger partial charge in [-0.3, -0.25) is 14.4 Å². The van der Waals surface area contributed by atoms with Gasteiger partial charge in [-0.25, -0.2) is 4.98 Å². The molecule has 0 radical (unpaired) electrons. The molecule has 9 heteroatoms. The zero-order chi connectivity index (χ0) is 27.1. The molecule has 0 bridgehead atoms. The summed E-state index contributed by atoms with van der Waals surface area (Å²) in [5, 5.41) is 11.4. The van der Waals surface area contributed by atoms with Crippen LogP contribution in [-0.2, 0) is 9.59 Å². The van der Waals surface area contributed by atoms with Gasteiger partial charge in [-0.15, -0.1) is 11.3 Å². The van der Waals surface area contributed by atoms with Crippen molar-refractivity contribution in [1.82, 2.24) is 15.2 Å². The van der Waals surface area contributed by atoms with Gasteiger partial charge in [-0.2, -0.15) is 0 Å². The number of amides is 3. The Hall–Kier alpha value is -4.24. The van der Waals surface area contributed by atoms with E-state index < -0.39 is 0 Å². The van der Waals surface area contributed by atoms with E-state index in [-0.39, 0.29) is 23.6 Å². The van der Waals surface area contributed by atoms with Crippen LogP contribution in [0, 0.1) is 0 Å². The Bertz CT molecular complexity index is 1650. The van der Waals surface area contributed by atoms with Gasteiger partial charge >= 0.3 is 0 Å². The second kappa shape index (κ2) is 10.1. The maximum atomic E-state index is 12.6. The predicted molar refractivity (Wildman–Crippen MR) is 156 cm³/mol. The lowest BCUT2D eigenvalue weighted by atomic mass is 9.87. The smallest absolute Gasteiger partial charge is 0.263 e. The summed E-state index contributed by atoms with van der Waals surface area (Å²) in [5.41, 5.74) is 5.20. The first-order chi connectivity index (χ1) is 18.9. The second-order valence-corrected chi connectivity index (χ2v) is 11.0. The summed E-state index contributed by atoms with van der Waals surface area (Å²) in [6.45, 7) is 7.89. The number of hydrogen-bond donors (Lipinski definition) is 3. The molecule has 2 aromatic heterocycles. The molecule has 2 aliphatic heterocycles. The Morgan fingerprint density at radius 3 is 2.67 bits per heavy atom. The summed E-state index contributed by atoms with van der Waals surface area (Å²) >= 11 is 1.49. The number of likely N-dealkylation sites (tertiary alicyclic amines) is 1. The van der Waals surface area contributed by atoms with E-state index in [1.165, 1.54) is 17.4 Å². The highest BCUT2D eigenvalue weighted by atomic mass is 32.1.